The highest BCUT2D eigenvalue weighted by molar-refractivity contribution is 5.82. The van der Waals surface area contributed by atoms with E-state index in [0.29, 0.717) is 5.69 Å². The van der Waals surface area contributed by atoms with Gasteiger partial charge in [-0.3, -0.25) is 0 Å². The molecule has 0 heterocycles. The number of benzene rings is 3. The highest BCUT2D eigenvalue weighted by Crippen LogP contribution is 2.50. The summed E-state index contributed by atoms with van der Waals surface area (Å²) in [6.07, 6.45) is 0. The predicted octanol–water partition coefficient (Wildman–Crippen LogP) is 6.10. The first-order valence-electron chi connectivity index (χ1n) is 7.64. The van der Waals surface area contributed by atoms with E-state index < -0.39 is 0 Å². The third-order valence-corrected chi connectivity index (χ3v) is 4.58. The van der Waals surface area contributed by atoms with Gasteiger partial charge in [0.25, 0.3) is 0 Å². The van der Waals surface area contributed by atoms with Crippen LogP contribution in [0.4, 0.5) is 5.69 Å². The molecule has 0 saturated carbocycles. The van der Waals surface area contributed by atoms with Crippen LogP contribution in [0.3, 0.4) is 0 Å². The summed E-state index contributed by atoms with van der Waals surface area (Å²) in [4.78, 5) is 3.02. The lowest BCUT2D eigenvalue weighted by molar-refractivity contribution is 0.994. The van der Waals surface area contributed by atoms with Gasteiger partial charge in [0.1, 0.15) is 0 Å². The lowest BCUT2D eigenvalue weighted by atomic mass is 9.85. The molecule has 23 heavy (non-hydrogen) atoms. The van der Waals surface area contributed by atoms with Crippen molar-refractivity contribution < 1.29 is 0 Å². The predicted molar refractivity (Wildman–Crippen MR) is 92.8 cm³/mol. The SMILES string of the molecule is Cc1cccc(N=[N+]=[N-])c1C1c2ccccc2-c2ccccc21. The lowest BCUT2D eigenvalue weighted by Crippen LogP contribution is -2.02. The molecule has 3 aromatic carbocycles. The topological polar surface area (TPSA) is 48.8 Å². The van der Waals surface area contributed by atoms with Gasteiger partial charge in [-0.1, -0.05) is 71.8 Å². The molecule has 3 heteroatoms. The third-order valence-electron chi connectivity index (χ3n) is 4.58. The fourth-order valence-corrected chi connectivity index (χ4v) is 3.64. The zero-order chi connectivity index (χ0) is 15.8. The summed E-state index contributed by atoms with van der Waals surface area (Å²) >= 11 is 0. The molecule has 0 aliphatic heterocycles. The van der Waals surface area contributed by atoms with Crippen molar-refractivity contribution in [1.29, 1.82) is 0 Å². The van der Waals surface area contributed by atoms with E-state index in [2.05, 4.69) is 71.5 Å². The van der Waals surface area contributed by atoms with E-state index in [1.165, 1.54) is 22.3 Å². The summed E-state index contributed by atoms with van der Waals surface area (Å²) in [5.41, 5.74) is 17.0. The summed E-state index contributed by atoms with van der Waals surface area (Å²) in [7, 11) is 0. The fourth-order valence-electron chi connectivity index (χ4n) is 3.64. The molecule has 1 aliphatic rings. The van der Waals surface area contributed by atoms with Gasteiger partial charge in [0.15, 0.2) is 0 Å². The first-order valence-corrected chi connectivity index (χ1v) is 7.64. The molecule has 0 amide bonds. The van der Waals surface area contributed by atoms with Gasteiger partial charge in [0.2, 0.25) is 0 Å². The zero-order valence-corrected chi connectivity index (χ0v) is 12.8. The second kappa shape index (κ2) is 5.31. The van der Waals surface area contributed by atoms with Crippen LogP contribution in [0.2, 0.25) is 0 Å². The van der Waals surface area contributed by atoms with Crippen LogP contribution in [0.5, 0.6) is 0 Å². The first kappa shape index (κ1) is 13.6. The largest absolute Gasteiger partial charge is 0.0619 e. The van der Waals surface area contributed by atoms with Crippen molar-refractivity contribution in [3.05, 3.63) is 99.4 Å². The number of hydrogen-bond donors (Lipinski definition) is 0. The Morgan fingerprint density at radius 1 is 0.826 bits per heavy atom. The van der Waals surface area contributed by atoms with Crippen molar-refractivity contribution in [2.75, 3.05) is 0 Å². The van der Waals surface area contributed by atoms with Gasteiger partial charge < -0.3 is 0 Å². The molecule has 0 saturated heterocycles. The monoisotopic (exact) mass is 297 g/mol. The molecule has 0 radical (unpaired) electrons. The van der Waals surface area contributed by atoms with Gasteiger partial charge in [-0.2, -0.15) is 0 Å². The number of rotatable bonds is 2. The maximum Gasteiger partial charge on any atom is 0.0419 e. The van der Waals surface area contributed by atoms with Crippen LogP contribution in [-0.2, 0) is 0 Å². The molecule has 0 fully saturated rings. The summed E-state index contributed by atoms with van der Waals surface area (Å²) in [5.74, 6) is 0.115. The van der Waals surface area contributed by atoms with Crippen molar-refractivity contribution >= 4 is 5.69 Å². The van der Waals surface area contributed by atoms with E-state index >= 15 is 0 Å². The van der Waals surface area contributed by atoms with Gasteiger partial charge in [-0.15, -0.1) is 0 Å². The molecule has 0 bridgehead atoms. The summed E-state index contributed by atoms with van der Waals surface area (Å²) < 4.78 is 0. The highest BCUT2D eigenvalue weighted by atomic mass is 15.1. The van der Waals surface area contributed by atoms with E-state index in [4.69, 9.17) is 5.53 Å². The van der Waals surface area contributed by atoms with Gasteiger partial charge in [0.05, 0.1) is 0 Å². The molecule has 0 aromatic heterocycles. The van der Waals surface area contributed by atoms with E-state index in [1.54, 1.807) is 0 Å². The molecule has 0 N–H and O–H groups in total. The molecule has 0 atom stereocenters. The van der Waals surface area contributed by atoms with E-state index in [9.17, 15) is 0 Å². The normalized spacial score (nSPS) is 12.4. The smallest absolute Gasteiger partial charge is 0.0419 e. The minimum absolute atomic E-state index is 0.115. The van der Waals surface area contributed by atoms with Gasteiger partial charge in [-0.05, 0) is 45.8 Å². The number of aryl methyl sites for hydroxylation is 1. The Kier molecular flexibility index (Phi) is 3.14. The standard InChI is InChI=1S/C20H15N3/c1-13-7-6-12-18(22-23-21)19(13)20-16-10-4-2-8-14(16)15-9-3-5-11-17(15)20/h2-12,20H,1H3. The van der Waals surface area contributed by atoms with Crippen molar-refractivity contribution in [2.45, 2.75) is 12.8 Å². The molecular weight excluding hydrogens is 282 g/mol. The Hall–Kier alpha value is -3.03. The van der Waals surface area contributed by atoms with Crippen LogP contribution in [0.15, 0.2) is 71.8 Å². The molecule has 3 aromatic rings. The Labute approximate surface area is 134 Å². The second-order valence-electron chi connectivity index (χ2n) is 5.80. The zero-order valence-electron chi connectivity index (χ0n) is 12.8. The van der Waals surface area contributed by atoms with Crippen LogP contribution in [0, 0.1) is 6.92 Å². The van der Waals surface area contributed by atoms with Crippen molar-refractivity contribution in [2.24, 2.45) is 5.11 Å². The second-order valence-corrected chi connectivity index (χ2v) is 5.80. The Balaban J connectivity index is 2.06. The maximum absolute atomic E-state index is 8.93. The Bertz CT molecular complexity index is 907. The Morgan fingerprint density at radius 2 is 1.43 bits per heavy atom. The average Bonchev–Trinajstić information content (AvgIpc) is 2.90. The number of nitrogens with zero attached hydrogens (tertiary/aromatic N) is 3. The number of hydrogen-bond acceptors (Lipinski definition) is 1. The third kappa shape index (κ3) is 2.02. The van der Waals surface area contributed by atoms with Gasteiger partial charge in [0, 0.05) is 16.5 Å². The first-order chi connectivity index (χ1) is 11.3. The van der Waals surface area contributed by atoms with Crippen LogP contribution in [0.25, 0.3) is 21.6 Å². The quantitative estimate of drug-likeness (QED) is 0.244. The molecule has 4 rings (SSSR count). The van der Waals surface area contributed by atoms with Gasteiger partial charge >= 0.3 is 0 Å². The molecule has 3 nitrogen and oxygen atoms in total. The average molecular weight is 297 g/mol. The molecule has 110 valence electrons. The minimum Gasteiger partial charge on any atom is -0.0619 e. The minimum atomic E-state index is 0.115. The van der Waals surface area contributed by atoms with Crippen molar-refractivity contribution in [3.8, 4) is 11.1 Å². The summed E-state index contributed by atoms with van der Waals surface area (Å²) in [6, 6.07) is 22.9. The van der Waals surface area contributed by atoms with Crippen molar-refractivity contribution in [3.63, 3.8) is 0 Å². The van der Waals surface area contributed by atoms with Crippen LogP contribution >= 0.6 is 0 Å². The molecule has 0 spiro atoms. The molecule has 0 unspecified atom stereocenters. The lowest BCUT2D eigenvalue weighted by Gasteiger charge is -2.19. The maximum atomic E-state index is 8.93. The van der Waals surface area contributed by atoms with Crippen LogP contribution in [0.1, 0.15) is 28.2 Å². The van der Waals surface area contributed by atoms with Crippen molar-refractivity contribution in [1.82, 2.24) is 0 Å². The molecular formula is C20H15N3. The van der Waals surface area contributed by atoms with E-state index in [-0.39, 0.29) is 5.92 Å². The van der Waals surface area contributed by atoms with Crippen LogP contribution in [-0.4, -0.2) is 0 Å². The summed E-state index contributed by atoms with van der Waals surface area (Å²) in [5, 5.41) is 3.94. The molecule has 1 aliphatic carbocycles. The number of azide groups is 1. The summed E-state index contributed by atoms with van der Waals surface area (Å²) in [6.45, 7) is 2.08. The van der Waals surface area contributed by atoms with Gasteiger partial charge in [-0.25, -0.2) is 0 Å². The Morgan fingerprint density at radius 3 is 2.04 bits per heavy atom. The van der Waals surface area contributed by atoms with E-state index in [1.807, 2.05) is 12.1 Å². The van der Waals surface area contributed by atoms with E-state index in [0.717, 1.165) is 11.1 Å². The fraction of sp³-hybridized carbons (Fsp3) is 0.100. The highest BCUT2D eigenvalue weighted by Gasteiger charge is 2.31. The number of fused-ring (bicyclic) bond motifs is 3. The van der Waals surface area contributed by atoms with Crippen LogP contribution < -0.4 is 0 Å².